The molecule has 0 aliphatic carbocycles. The lowest BCUT2D eigenvalue weighted by Crippen LogP contribution is -2.28. The number of nitrogens with zero attached hydrogens (tertiary/aromatic N) is 1. The van der Waals surface area contributed by atoms with E-state index in [1.165, 1.54) is 31.4 Å². The van der Waals surface area contributed by atoms with E-state index in [2.05, 4.69) is 0 Å². The molecule has 0 aromatic heterocycles. The molecule has 2 amide bonds. The summed E-state index contributed by atoms with van der Waals surface area (Å²) in [6.07, 6.45) is 1.53. The third kappa shape index (κ3) is 4.07. The maximum absolute atomic E-state index is 14.0. The van der Waals surface area contributed by atoms with E-state index in [-0.39, 0.29) is 33.5 Å². The predicted molar refractivity (Wildman–Crippen MR) is 110 cm³/mol. The minimum atomic E-state index is -0.580. The molecule has 0 bridgehead atoms. The van der Waals surface area contributed by atoms with E-state index in [4.69, 9.17) is 16.3 Å². The maximum Gasteiger partial charge on any atom is 0.293 e. The molecule has 1 heterocycles. The summed E-state index contributed by atoms with van der Waals surface area (Å²) >= 11 is 8.68. The first-order valence-electron chi connectivity index (χ1n) is 7.56. The highest BCUT2D eigenvalue weighted by atomic mass is 127. The van der Waals surface area contributed by atoms with Crippen LogP contribution in [0.1, 0.15) is 11.1 Å². The smallest absolute Gasteiger partial charge is 0.293 e. The number of hydrogen-bond donors (Lipinski definition) is 1. The van der Waals surface area contributed by atoms with Gasteiger partial charge < -0.3 is 9.84 Å². The van der Waals surface area contributed by atoms with Gasteiger partial charge in [0.15, 0.2) is 11.5 Å². The van der Waals surface area contributed by atoms with Crippen LogP contribution in [0.25, 0.3) is 6.08 Å². The lowest BCUT2D eigenvalue weighted by Gasteiger charge is -2.14. The van der Waals surface area contributed by atoms with Gasteiger partial charge in [-0.2, -0.15) is 0 Å². The number of rotatable bonds is 4. The van der Waals surface area contributed by atoms with Gasteiger partial charge in [0.25, 0.3) is 11.1 Å². The van der Waals surface area contributed by atoms with Crippen LogP contribution in [0.5, 0.6) is 11.5 Å². The number of carbonyl (C=O) groups is 2. The first kappa shape index (κ1) is 20.0. The van der Waals surface area contributed by atoms with Gasteiger partial charge in [-0.3, -0.25) is 14.5 Å². The number of carbonyl (C=O) groups excluding carboxylic acids is 2. The van der Waals surface area contributed by atoms with Crippen molar-refractivity contribution in [3.05, 3.63) is 60.8 Å². The summed E-state index contributed by atoms with van der Waals surface area (Å²) in [4.78, 5) is 26.0. The van der Waals surface area contributed by atoms with Crippen molar-refractivity contribution in [3.8, 4) is 11.5 Å². The minimum Gasteiger partial charge on any atom is -0.504 e. The SMILES string of the molecule is COc1cc(/C=C2/SC(=O)N(Cc3c(F)cccc3Cl)C2=O)cc(I)c1O. The summed E-state index contributed by atoms with van der Waals surface area (Å²) in [5.74, 6) is -0.863. The molecule has 2 aromatic carbocycles. The molecule has 3 rings (SSSR count). The summed E-state index contributed by atoms with van der Waals surface area (Å²) in [5.41, 5.74) is 0.673. The number of methoxy groups -OCH3 is 1. The highest BCUT2D eigenvalue weighted by molar-refractivity contribution is 14.1. The van der Waals surface area contributed by atoms with Gasteiger partial charge in [0.1, 0.15) is 5.82 Å². The fraction of sp³-hybridized carbons (Fsp3) is 0.111. The van der Waals surface area contributed by atoms with Crippen molar-refractivity contribution in [2.75, 3.05) is 7.11 Å². The highest BCUT2D eigenvalue weighted by Crippen LogP contribution is 2.37. The molecule has 9 heteroatoms. The van der Waals surface area contributed by atoms with E-state index in [1.54, 1.807) is 12.1 Å². The molecule has 140 valence electrons. The van der Waals surface area contributed by atoms with Crippen molar-refractivity contribution in [1.29, 1.82) is 0 Å². The number of thioether (sulfide) groups is 1. The molecule has 1 aliphatic heterocycles. The number of imide groups is 1. The topological polar surface area (TPSA) is 66.8 Å². The first-order valence-corrected chi connectivity index (χ1v) is 9.84. The number of benzene rings is 2. The van der Waals surface area contributed by atoms with Crippen LogP contribution >= 0.6 is 46.0 Å². The van der Waals surface area contributed by atoms with Gasteiger partial charge in [0.05, 0.1) is 22.1 Å². The Balaban J connectivity index is 1.90. The quantitative estimate of drug-likeness (QED) is 0.453. The number of halogens is 3. The fourth-order valence-corrected chi connectivity index (χ4v) is 4.15. The van der Waals surface area contributed by atoms with Crippen LogP contribution in [0, 0.1) is 9.39 Å². The lowest BCUT2D eigenvalue weighted by atomic mass is 10.1. The second-order valence-electron chi connectivity index (χ2n) is 5.52. The third-order valence-electron chi connectivity index (χ3n) is 3.82. The van der Waals surface area contributed by atoms with Gasteiger partial charge in [-0.05, 0) is 70.3 Å². The zero-order chi connectivity index (χ0) is 19.7. The van der Waals surface area contributed by atoms with Crippen molar-refractivity contribution in [1.82, 2.24) is 4.90 Å². The average molecular weight is 520 g/mol. The van der Waals surface area contributed by atoms with Crippen molar-refractivity contribution in [3.63, 3.8) is 0 Å². The van der Waals surface area contributed by atoms with Crippen LogP contribution in [-0.2, 0) is 11.3 Å². The number of phenolic OH excluding ortho intramolecular Hbond substituents is 1. The lowest BCUT2D eigenvalue weighted by molar-refractivity contribution is -0.123. The second-order valence-corrected chi connectivity index (χ2v) is 8.08. The van der Waals surface area contributed by atoms with Crippen molar-refractivity contribution < 1.29 is 23.8 Å². The fourth-order valence-electron chi connectivity index (χ4n) is 2.46. The molecule has 0 atom stereocenters. The van der Waals surface area contributed by atoms with Gasteiger partial charge in [0.2, 0.25) is 0 Å². The molecule has 2 aromatic rings. The third-order valence-corrected chi connectivity index (χ3v) is 5.90. The normalized spacial score (nSPS) is 15.7. The van der Waals surface area contributed by atoms with E-state index in [0.717, 1.165) is 16.7 Å². The second kappa shape index (κ2) is 8.07. The molecule has 0 radical (unpaired) electrons. The van der Waals surface area contributed by atoms with Crippen LogP contribution in [0.2, 0.25) is 5.02 Å². The molecule has 27 heavy (non-hydrogen) atoms. The van der Waals surface area contributed by atoms with Crippen molar-refractivity contribution >= 4 is 63.2 Å². The Morgan fingerprint density at radius 1 is 1.37 bits per heavy atom. The Hall–Kier alpha value is -1.78. The molecule has 0 saturated carbocycles. The first-order chi connectivity index (χ1) is 12.8. The van der Waals surface area contributed by atoms with E-state index < -0.39 is 17.0 Å². The highest BCUT2D eigenvalue weighted by Gasteiger charge is 2.36. The van der Waals surface area contributed by atoms with Gasteiger partial charge in [-0.25, -0.2) is 4.39 Å². The van der Waals surface area contributed by atoms with Gasteiger partial charge >= 0.3 is 0 Å². The average Bonchev–Trinajstić information content (AvgIpc) is 2.88. The molecular formula is C18H12ClFINO4S. The zero-order valence-electron chi connectivity index (χ0n) is 13.8. The van der Waals surface area contributed by atoms with E-state index in [1.807, 2.05) is 22.6 Å². The summed E-state index contributed by atoms with van der Waals surface area (Å²) in [6, 6.07) is 7.38. The molecule has 1 N–H and O–H groups in total. The Bertz CT molecular complexity index is 962. The van der Waals surface area contributed by atoms with Gasteiger partial charge in [-0.1, -0.05) is 17.7 Å². The largest absolute Gasteiger partial charge is 0.504 e. The van der Waals surface area contributed by atoms with Gasteiger partial charge in [0, 0.05) is 10.6 Å². The van der Waals surface area contributed by atoms with Crippen LogP contribution in [-0.4, -0.2) is 28.3 Å². The molecule has 5 nitrogen and oxygen atoms in total. The molecule has 0 spiro atoms. The van der Waals surface area contributed by atoms with E-state index >= 15 is 0 Å². The molecular weight excluding hydrogens is 508 g/mol. The van der Waals surface area contributed by atoms with Crippen molar-refractivity contribution in [2.45, 2.75) is 6.54 Å². The monoisotopic (exact) mass is 519 g/mol. The number of hydrogen-bond acceptors (Lipinski definition) is 5. The van der Waals surface area contributed by atoms with E-state index in [9.17, 15) is 19.1 Å². The Morgan fingerprint density at radius 3 is 2.78 bits per heavy atom. The Morgan fingerprint density at radius 2 is 2.11 bits per heavy atom. The zero-order valence-corrected chi connectivity index (χ0v) is 17.6. The summed E-state index contributed by atoms with van der Waals surface area (Å²) in [6.45, 7) is -0.246. The summed E-state index contributed by atoms with van der Waals surface area (Å²) in [5, 5.41) is 9.54. The van der Waals surface area contributed by atoms with Crippen molar-refractivity contribution in [2.24, 2.45) is 0 Å². The van der Waals surface area contributed by atoms with Crippen LogP contribution in [0.4, 0.5) is 9.18 Å². The van der Waals surface area contributed by atoms with Crippen LogP contribution in [0.3, 0.4) is 0 Å². The molecule has 1 saturated heterocycles. The molecule has 1 aliphatic rings. The predicted octanol–water partition coefficient (Wildman–Crippen LogP) is 5.03. The van der Waals surface area contributed by atoms with Crippen LogP contribution < -0.4 is 4.74 Å². The maximum atomic E-state index is 14.0. The number of phenols is 1. The Labute approximate surface area is 177 Å². The minimum absolute atomic E-state index is 0.00227. The summed E-state index contributed by atoms with van der Waals surface area (Å²) < 4.78 is 19.6. The Kier molecular flexibility index (Phi) is 5.97. The molecule has 0 unspecified atom stereocenters. The standard InChI is InChI=1S/C18H12ClFINO4S/c1-26-14-6-9(5-13(21)16(14)23)7-15-17(24)22(18(25)27-15)8-10-11(19)3-2-4-12(10)20/h2-7,23H,8H2,1H3/b15-7+. The van der Waals surface area contributed by atoms with E-state index in [0.29, 0.717) is 9.13 Å². The molecule has 1 fully saturated rings. The van der Waals surface area contributed by atoms with Crippen LogP contribution in [0.15, 0.2) is 35.2 Å². The number of aromatic hydroxyl groups is 1. The summed E-state index contributed by atoms with van der Waals surface area (Å²) in [7, 11) is 1.42. The number of ether oxygens (including phenoxy) is 1. The van der Waals surface area contributed by atoms with Gasteiger partial charge in [-0.15, -0.1) is 0 Å². The number of amides is 2.